The summed E-state index contributed by atoms with van der Waals surface area (Å²) in [5.74, 6) is 0.514. The summed E-state index contributed by atoms with van der Waals surface area (Å²) in [5.41, 5.74) is 6.64. The number of hydrogen-bond donors (Lipinski definition) is 4. The number of fused-ring (bicyclic) bond motifs is 6. The van der Waals surface area contributed by atoms with Gasteiger partial charge in [-0.1, -0.05) is 62.4 Å². The van der Waals surface area contributed by atoms with Gasteiger partial charge in [-0.05, 0) is 77.1 Å². The van der Waals surface area contributed by atoms with Crippen LogP contribution in [-0.4, -0.2) is 100 Å². The maximum Gasteiger partial charge on any atom is 0.407 e. The third-order valence-corrected chi connectivity index (χ3v) is 12.8. The van der Waals surface area contributed by atoms with Gasteiger partial charge < -0.3 is 49.3 Å². The predicted octanol–water partition coefficient (Wildman–Crippen LogP) is 7.94. The van der Waals surface area contributed by atoms with Crippen LogP contribution in [0, 0.1) is 11.8 Å². The number of hydrogen-bond acceptors (Lipinski definition) is 10. The van der Waals surface area contributed by atoms with Gasteiger partial charge in [-0.2, -0.15) is 8.78 Å². The van der Waals surface area contributed by atoms with Crippen molar-refractivity contribution in [1.29, 1.82) is 0 Å². The van der Waals surface area contributed by atoms with Crippen molar-refractivity contribution in [3.05, 3.63) is 102 Å². The fourth-order valence-corrected chi connectivity index (χ4v) is 9.51. The number of nitrogens with zero attached hydrogens (tertiary/aromatic N) is 4. The molecule has 3 aliphatic heterocycles. The third kappa shape index (κ3) is 8.59. The number of ether oxygens (including phenoxy) is 4. The highest BCUT2D eigenvalue weighted by Crippen LogP contribution is 2.44. The first kappa shape index (κ1) is 44.1. The molecular formula is C48H50F2N8O8. The molecule has 1 unspecified atom stereocenters. The molecule has 4 aromatic carbocycles. The first-order valence-corrected chi connectivity index (χ1v) is 21.9. The summed E-state index contributed by atoms with van der Waals surface area (Å²) in [7, 11) is 2.48. The van der Waals surface area contributed by atoms with Crippen molar-refractivity contribution < 1.29 is 46.9 Å². The van der Waals surface area contributed by atoms with Crippen LogP contribution in [0.1, 0.15) is 74.0 Å². The number of aromatic nitrogens is 4. The number of aromatic amines is 2. The van der Waals surface area contributed by atoms with E-state index in [1.807, 2.05) is 42.5 Å². The summed E-state index contributed by atoms with van der Waals surface area (Å²) in [5, 5.41) is 7.08. The van der Waals surface area contributed by atoms with Crippen LogP contribution in [0.4, 0.5) is 18.4 Å². The fourth-order valence-electron chi connectivity index (χ4n) is 9.51. The molecule has 2 fully saturated rings. The van der Waals surface area contributed by atoms with Crippen molar-refractivity contribution in [2.24, 2.45) is 11.8 Å². The Bertz CT molecular complexity index is 2800. The summed E-state index contributed by atoms with van der Waals surface area (Å²) in [6.45, 7) is 1.37. The van der Waals surface area contributed by atoms with E-state index in [2.05, 4.69) is 43.5 Å². The maximum atomic E-state index is 14.1. The van der Waals surface area contributed by atoms with Gasteiger partial charge in [-0.15, -0.1) is 0 Å². The number of H-pyrrole nitrogens is 2. The smallest absolute Gasteiger partial charge is 0.407 e. The zero-order valence-electron chi connectivity index (χ0n) is 36.8. The van der Waals surface area contributed by atoms with E-state index in [9.17, 15) is 28.0 Å². The Kier molecular flexibility index (Phi) is 12.3. The van der Waals surface area contributed by atoms with Gasteiger partial charge in [0.25, 0.3) is 5.91 Å². The zero-order valence-corrected chi connectivity index (χ0v) is 36.8. The average molecular weight is 905 g/mol. The second kappa shape index (κ2) is 18.4. The largest absolute Gasteiger partial charge is 0.488 e. The van der Waals surface area contributed by atoms with E-state index in [1.54, 1.807) is 42.0 Å². The molecule has 18 heteroatoms. The van der Waals surface area contributed by atoms with Crippen molar-refractivity contribution in [2.75, 3.05) is 33.9 Å². The second-order valence-corrected chi connectivity index (χ2v) is 17.2. The van der Waals surface area contributed by atoms with Crippen LogP contribution in [0.3, 0.4) is 0 Å². The summed E-state index contributed by atoms with van der Waals surface area (Å²) in [6, 6.07) is 20.5. The summed E-state index contributed by atoms with van der Waals surface area (Å²) >= 11 is 0. The molecule has 5 heterocycles. The third-order valence-electron chi connectivity index (χ3n) is 12.8. The highest BCUT2D eigenvalue weighted by molar-refractivity contribution is 6.07. The first-order chi connectivity index (χ1) is 31.9. The quantitative estimate of drug-likeness (QED) is 0.0937. The second-order valence-electron chi connectivity index (χ2n) is 17.2. The standard InChI is InChI=1S/C48H50F2N8O8/c1-25(2)39(55-47(61)63-3)44(59)58-22-26(23-66-46(49)50)17-37(58)43-52-34-15-13-28-19-33-31-14-12-29(18-30(31)24-65-38(33)20-32(28)41(34)54-43)35-21-51-42(53-35)36-11-8-16-57(36)45(60)40(56-48(62)64-4)27-9-6-5-7-10-27/h5-7,9-10,12-15,18-21,25-26,36-37,39-40,46H,8,11,16-17,22-24H2,1-4H3,(H,51,53)(H,52,54)(H,55,61)(H,56,62)/t26-,36?,37-,39-,40+/m0/s1. The molecule has 344 valence electrons. The van der Waals surface area contributed by atoms with Gasteiger partial charge in [-0.25, -0.2) is 19.6 Å². The summed E-state index contributed by atoms with van der Waals surface area (Å²) < 4.78 is 46.9. The molecule has 2 aromatic heterocycles. The van der Waals surface area contributed by atoms with Gasteiger partial charge in [-0.3, -0.25) is 9.59 Å². The molecule has 3 aliphatic rings. The number of alkyl carbamates (subject to hydrolysis) is 2. The molecule has 0 radical (unpaired) electrons. The number of halogens is 2. The van der Waals surface area contributed by atoms with Crippen molar-refractivity contribution in [2.45, 2.75) is 70.5 Å². The maximum absolute atomic E-state index is 14.1. The van der Waals surface area contributed by atoms with Crippen LogP contribution in [0.15, 0.2) is 79.0 Å². The molecular weight excluding hydrogens is 855 g/mol. The van der Waals surface area contributed by atoms with E-state index in [-0.39, 0.29) is 36.9 Å². The van der Waals surface area contributed by atoms with E-state index in [0.29, 0.717) is 54.5 Å². The Morgan fingerprint density at radius 2 is 1.67 bits per heavy atom. The minimum Gasteiger partial charge on any atom is -0.488 e. The normalized spacial score (nSPS) is 18.8. The van der Waals surface area contributed by atoms with Crippen molar-refractivity contribution >= 4 is 45.8 Å². The fraction of sp³-hybridized carbons (Fsp3) is 0.375. The molecule has 2 saturated heterocycles. The topological polar surface area (TPSA) is 193 Å². The minimum atomic E-state index is -2.95. The molecule has 0 saturated carbocycles. The number of carbonyl (C=O) groups is 4. The molecule has 66 heavy (non-hydrogen) atoms. The number of alkyl halides is 2. The first-order valence-electron chi connectivity index (χ1n) is 21.9. The number of amides is 4. The van der Waals surface area contributed by atoms with Gasteiger partial charge in [0.2, 0.25) is 5.91 Å². The van der Waals surface area contributed by atoms with Crippen LogP contribution < -0.4 is 15.4 Å². The zero-order chi connectivity index (χ0) is 46.2. The summed E-state index contributed by atoms with van der Waals surface area (Å²) in [4.78, 5) is 72.6. The number of methoxy groups -OCH3 is 2. The van der Waals surface area contributed by atoms with Crippen LogP contribution >= 0.6 is 0 Å². The Labute approximate surface area is 378 Å². The van der Waals surface area contributed by atoms with Crippen molar-refractivity contribution in [1.82, 2.24) is 40.4 Å². The minimum absolute atomic E-state index is 0.136. The lowest BCUT2D eigenvalue weighted by molar-refractivity contribution is -0.139. The van der Waals surface area contributed by atoms with Crippen molar-refractivity contribution in [3.63, 3.8) is 0 Å². The number of carbonyl (C=O) groups excluding carboxylic acids is 4. The van der Waals surface area contributed by atoms with Gasteiger partial charge >= 0.3 is 18.8 Å². The lowest BCUT2D eigenvalue weighted by Crippen LogP contribution is -2.51. The van der Waals surface area contributed by atoms with Gasteiger partial charge in [0.1, 0.15) is 36.1 Å². The van der Waals surface area contributed by atoms with E-state index >= 15 is 0 Å². The number of nitrogens with one attached hydrogen (secondary N) is 4. The van der Waals surface area contributed by atoms with E-state index < -0.39 is 42.8 Å². The lowest BCUT2D eigenvalue weighted by Gasteiger charge is -2.30. The number of benzene rings is 4. The average Bonchev–Trinajstić information content (AvgIpc) is 4.17. The molecule has 4 N–H and O–H groups in total. The number of imidazole rings is 2. The highest BCUT2D eigenvalue weighted by Gasteiger charge is 2.42. The highest BCUT2D eigenvalue weighted by atomic mass is 19.3. The molecule has 0 bridgehead atoms. The number of likely N-dealkylation sites (tertiary alicyclic amines) is 2. The SMILES string of the molecule is COC(=O)N[C@H](C(=O)N1C[C@@H](COC(F)F)C[C@H]1c1nc2c(ccc3cc4c(cc32)OCc2cc(-c3cnc(C5CCCN5C(=O)[C@H](NC(=O)OC)c5ccccc5)[nH]3)ccc2-4)[nH]1)C(C)C. The van der Waals surface area contributed by atoms with Crippen LogP contribution in [0.5, 0.6) is 5.75 Å². The lowest BCUT2D eigenvalue weighted by atomic mass is 9.92. The predicted molar refractivity (Wildman–Crippen MR) is 238 cm³/mol. The van der Waals surface area contributed by atoms with Gasteiger partial charge in [0.15, 0.2) is 0 Å². The molecule has 6 aromatic rings. The number of rotatable bonds is 12. The Balaban J connectivity index is 0.967. The Morgan fingerprint density at radius 3 is 2.42 bits per heavy atom. The van der Waals surface area contributed by atoms with Crippen LogP contribution in [-0.2, 0) is 30.4 Å². The van der Waals surface area contributed by atoms with Crippen LogP contribution in [0.2, 0.25) is 0 Å². The molecule has 9 rings (SSSR count). The molecule has 5 atom stereocenters. The van der Waals surface area contributed by atoms with E-state index in [1.165, 1.54) is 14.2 Å². The molecule has 0 aliphatic carbocycles. The Hall–Kier alpha value is -7.08. The Morgan fingerprint density at radius 1 is 0.879 bits per heavy atom. The molecule has 4 amide bonds. The summed E-state index contributed by atoms with van der Waals surface area (Å²) in [6.07, 6.45) is 2.13. The van der Waals surface area contributed by atoms with Gasteiger partial charge in [0, 0.05) is 30.0 Å². The molecule has 0 spiro atoms. The van der Waals surface area contributed by atoms with Crippen molar-refractivity contribution in [3.8, 4) is 28.1 Å². The van der Waals surface area contributed by atoms with Crippen LogP contribution in [0.25, 0.3) is 44.2 Å². The molecule has 16 nitrogen and oxygen atoms in total. The van der Waals surface area contributed by atoms with Gasteiger partial charge in [0.05, 0.1) is 55.8 Å². The van der Waals surface area contributed by atoms with E-state index in [0.717, 1.165) is 50.7 Å². The van der Waals surface area contributed by atoms with E-state index in [4.69, 9.17) is 24.2 Å². The monoisotopic (exact) mass is 904 g/mol.